The van der Waals surface area contributed by atoms with E-state index < -0.39 is 4.92 Å². The van der Waals surface area contributed by atoms with Gasteiger partial charge < -0.3 is 0 Å². The minimum absolute atomic E-state index is 0.0516. The van der Waals surface area contributed by atoms with Gasteiger partial charge in [0.2, 0.25) is 0 Å². The van der Waals surface area contributed by atoms with Crippen molar-refractivity contribution in [2.24, 2.45) is 4.99 Å². The highest BCUT2D eigenvalue weighted by Gasteiger charge is 2.29. The Morgan fingerprint density at radius 1 is 1.21 bits per heavy atom. The summed E-state index contributed by atoms with van der Waals surface area (Å²) in [6.07, 6.45) is 3.22. The molecule has 0 spiro atoms. The fourth-order valence-corrected chi connectivity index (χ4v) is 2.39. The van der Waals surface area contributed by atoms with Crippen molar-refractivity contribution in [2.75, 3.05) is 0 Å². The van der Waals surface area contributed by atoms with Crippen molar-refractivity contribution in [3.63, 3.8) is 0 Å². The van der Waals surface area contributed by atoms with Crippen LogP contribution in [0.2, 0.25) is 0 Å². The molecule has 94 valence electrons. The number of ketones is 1. The first kappa shape index (κ1) is 11.5. The van der Waals surface area contributed by atoms with Crippen LogP contribution in [0, 0.1) is 17.0 Å². The van der Waals surface area contributed by atoms with E-state index >= 15 is 0 Å². The van der Waals surface area contributed by atoms with Crippen molar-refractivity contribution in [3.05, 3.63) is 56.3 Å². The van der Waals surface area contributed by atoms with E-state index in [0.717, 1.165) is 5.56 Å². The topological polar surface area (TPSA) is 72.6 Å². The number of allylic oxidation sites excluding steroid dienone is 3. The van der Waals surface area contributed by atoms with Crippen LogP contribution in [0.15, 0.2) is 34.5 Å². The fraction of sp³-hybridized carbons (Fsp3) is 0.143. The molecule has 19 heavy (non-hydrogen) atoms. The van der Waals surface area contributed by atoms with Crippen molar-refractivity contribution < 1.29 is 9.72 Å². The van der Waals surface area contributed by atoms with Gasteiger partial charge in [0.1, 0.15) is 0 Å². The van der Waals surface area contributed by atoms with Gasteiger partial charge in [-0.15, -0.1) is 0 Å². The number of nitro groups is 1. The number of carbonyl (C=O) groups excluding carboxylic acids is 1. The number of hydrogen-bond acceptors (Lipinski definition) is 4. The molecule has 1 aliphatic heterocycles. The molecule has 5 nitrogen and oxygen atoms in total. The lowest BCUT2D eigenvalue weighted by atomic mass is 10.00. The fourth-order valence-electron chi connectivity index (χ4n) is 2.39. The molecule has 0 aromatic heterocycles. The lowest BCUT2D eigenvalue weighted by Gasteiger charge is -2.09. The Labute approximate surface area is 109 Å². The van der Waals surface area contributed by atoms with Gasteiger partial charge in [-0.1, -0.05) is 0 Å². The molecule has 5 heteroatoms. The molecule has 1 aromatic carbocycles. The van der Waals surface area contributed by atoms with Crippen LogP contribution in [-0.2, 0) is 4.79 Å². The molecular formula is C14H10N2O3. The Kier molecular flexibility index (Phi) is 2.25. The number of benzene rings is 1. The van der Waals surface area contributed by atoms with Gasteiger partial charge in [-0.2, -0.15) is 0 Å². The van der Waals surface area contributed by atoms with E-state index in [4.69, 9.17) is 0 Å². The lowest BCUT2D eigenvalue weighted by molar-refractivity contribution is -0.385. The maximum absolute atomic E-state index is 11.9. The highest BCUT2D eigenvalue weighted by Crippen LogP contribution is 2.34. The van der Waals surface area contributed by atoms with E-state index in [9.17, 15) is 14.9 Å². The molecule has 0 N–H and O–H groups in total. The van der Waals surface area contributed by atoms with Gasteiger partial charge in [0, 0.05) is 34.5 Å². The minimum atomic E-state index is -0.415. The largest absolute Gasteiger partial charge is 0.289 e. The van der Waals surface area contributed by atoms with Gasteiger partial charge in [0.15, 0.2) is 5.78 Å². The molecule has 0 amide bonds. The quantitative estimate of drug-likeness (QED) is 0.571. The number of nitro benzene ring substituents is 1. The molecule has 0 unspecified atom stereocenters. The molecule has 3 rings (SSSR count). The lowest BCUT2D eigenvalue weighted by Crippen LogP contribution is -2.13. The van der Waals surface area contributed by atoms with Crippen molar-refractivity contribution in [1.82, 2.24) is 0 Å². The second-order valence-electron chi connectivity index (χ2n) is 4.65. The molecular weight excluding hydrogens is 244 g/mol. The van der Waals surface area contributed by atoms with Gasteiger partial charge in [0.05, 0.1) is 10.6 Å². The Morgan fingerprint density at radius 3 is 2.63 bits per heavy atom. The number of fused-ring (bicyclic) bond motifs is 3. The highest BCUT2D eigenvalue weighted by molar-refractivity contribution is 6.38. The monoisotopic (exact) mass is 254 g/mol. The number of aryl methyl sites for hydroxylation is 1. The number of rotatable bonds is 1. The van der Waals surface area contributed by atoms with E-state index in [1.165, 1.54) is 12.1 Å². The Hall–Kier alpha value is -2.56. The number of hydrogen-bond donors (Lipinski definition) is 0. The van der Waals surface area contributed by atoms with E-state index in [1.807, 2.05) is 0 Å². The van der Waals surface area contributed by atoms with Crippen molar-refractivity contribution in [2.45, 2.75) is 13.8 Å². The van der Waals surface area contributed by atoms with E-state index in [1.54, 1.807) is 26.0 Å². The Morgan fingerprint density at radius 2 is 1.95 bits per heavy atom. The van der Waals surface area contributed by atoms with Crippen molar-refractivity contribution in [1.29, 1.82) is 0 Å². The summed E-state index contributed by atoms with van der Waals surface area (Å²) >= 11 is 0. The van der Waals surface area contributed by atoms with E-state index in [-0.39, 0.29) is 11.5 Å². The summed E-state index contributed by atoms with van der Waals surface area (Å²) in [5.41, 5.74) is 3.78. The molecule has 0 radical (unpaired) electrons. The zero-order valence-electron chi connectivity index (χ0n) is 10.4. The van der Waals surface area contributed by atoms with Crippen molar-refractivity contribution >= 4 is 23.3 Å². The summed E-state index contributed by atoms with van der Waals surface area (Å²) in [5.74, 6) is -0.0981. The molecule has 0 bridgehead atoms. The molecule has 1 heterocycles. The molecule has 1 aromatic rings. The van der Waals surface area contributed by atoms with Gasteiger partial charge in [-0.3, -0.25) is 19.9 Å². The first-order valence-electron chi connectivity index (χ1n) is 5.80. The standard InChI is InChI=1S/C14H10N2O3/c1-7-3-9-5-11-13(17)4-8(2)15-14(11)10(9)6-12(7)16(18)19/h3-6H,1-2H3. The average molecular weight is 254 g/mol. The third kappa shape index (κ3) is 1.62. The van der Waals surface area contributed by atoms with Crippen LogP contribution in [-0.4, -0.2) is 16.4 Å². The zero-order chi connectivity index (χ0) is 13.7. The van der Waals surface area contributed by atoms with Gasteiger partial charge in [-0.05, 0) is 31.6 Å². The van der Waals surface area contributed by atoms with Crippen molar-refractivity contribution in [3.8, 4) is 0 Å². The second-order valence-corrected chi connectivity index (χ2v) is 4.65. The Bertz CT molecular complexity index is 739. The van der Waals surface area contributed by atoms with E-state index in [2.05, 4.69) is 4.99 Å². The Balaban J connectivity index is 2.25. The number of nitrogens with zero attached hydrogens (tertiary/aromatic N) is 2. The predicted molar refractivity (Wildman–Crippen MR) is 71.1 cm³/mol. The maximum Gasteiger partial charge on any atom is 0.273 e. The van der Waals surface area contributed by atoms with Gasteiger partial charge in [0.25, 0.3) is 5.69 Å². The second kappa shape index (κ2) is 3.71. The molecule has 2 aliphatic rings. The highest BCUT2D eigenvalue weighted by atomic mass is 16.6. The molecule has 0 atom stereocenters. The zero-order valence-corrected chi connectivity index (χ0v) is 10.4. The summed E-state index contributed by atoms with van der Waals surface area (Å²) in [5, 5.41) is 11.0. The molecule has 0 fully saturated rings. The molecule has 0 saturated carbocycles. The predicted octanol–water partition coefficient (Wildman–Crippen LogP) is 2.58. The normalized spacial score (nSPS) is 16.3. The summed E-state index contributed by atoms with van der Waals surface area (Å²) in [6.45, 7) is 3.42. The molecule has 1 aliphatic carbocycles. The summed E-state index contributed by atoms with van der Waals surface area (Å²) in [7, 11) is 0. The SMILES string of the molecule is CC1=CC(=O)C2=Cc3cc(C)c([N+](=O)[O-])cc3C2=N1. The van der Waals surface area contributed by atoms with Crippen LogP contribution in [0.4, 0.5) is 5.69 Å². The minimum Gasteiger partial charge on any atom is -0.289 e. The van der Waals surface area contributed by atoms with Gasteiger partial charge >= 0.3 is 0 Å². The first-order chi connectivity index (χ1) is 8.97. The van der Waals surface area contributed by atoms with Crippen LogP contribution in [0.25, 0.3) is 6.08 Å². The average Bonchev–Trinajstić information content (AvgIpc) is 2.65. The third-order valence-electron chi connectivity index (χ3n) is 3.27. The summed E-state index contributed by atoms with van der Waals surface area (Å²) in [6, 6.07) is 3.22. The van der Waals surface area contributed by atoms with Gasteiger partial charge in [-0.25, -0.2) is 0 Å². The maximum atomic E-state index is 11.9. The summed E-state index contributed by atoms with van der Waals surface area (Å²) in [4.78, 5) is 26.8. The van der Waals surface area contributed by atoms with E-state index in [0.29, 0.717) is 28.1 Å². The number of aliphatic imine (C=N–C) groups is 1. The van der Waals surface area contributed by atoms with Crippen LogP contribution in [0.5, 0.6) is 0 Å². The number of carbonyl (C=O) groups is 1. The van der Waals surface area contributed by atoms with Crippen LogP contribution < -0.4 is 0 Å². The van der Waals surface area contributed by atoms with Crippen LogP contribution >= 0.6 is 0 Å². The molecule has 0 saturated heterocycles. The first-order valence-corrected chi connectivity index (χ1v) is 5.80. The third-order valence-corrected chi connectivity index (χ3v) is 3.27. The van der Waals surface area contributed by atoms with Crippen LogP contribution in [0.1, 0.15) is 23.6 Å². The van der Waals surface area contributed by atoms with Crippen LogP contribution in [0.3, 0.4) is 0 Å². The smallest absolute Gasteiger partial charge is 0.273 e. The summed E-state index contributed by atoms with van der Waals surface area (Å²) < 4.78 is 0.